The molecule has 1 saturated heterocycles. The van der Waals surface area contributed by atoms with Crippen molar-refractivity contribution in [1.29, 1.82) is 5.26 Å². The van der Waals surface area contributed by atoms with Crippen LogP contribution in [0.1, 0.15) is 15.9 Å². The number of aromatic nitrogens is 2. The van der Waals surface area contributed by atoms with Crippen LogP contribution in [0.3, 0.4) is 0 Å². The van der Waals surface area contributed by atoms with E-state index in [0.29, 0.717) is 46.4 Å². The van der Waals surface area contributed by atoms with Crippen molar-refractivity contribution in [3.63, 3.8) is 0 Å². The molecule has 1 aromatic carbocycles. The monoisotopic (exact) mass is 397 g/mol. The molecule has 1 aliphatic rings. The second kappa shape index (κ2) is 7.89. The molecule has 0 aliphatic carbocycles. The summed E-state index contributed by atoms with van der Waals surface area (Å²) in [6.07, 6.45) is 1.57. The number of carbonyl (C=O) groups excluding carboxylic acids is 1. The van der Waals surface area contributed by atoms with E-state index in [0.717, 1.165) is 13.1 Å². The van der Waals surface area contributed by atoms with E-state index >= 15 is 0 Å². The standard InChI is InChI=1S/C20H19N5O2.ClH/c1-24-6-8-25(9-7-24)20(27)14-4-5-22-17(11-14)18-15-10-13(12-21)2-3-16(15)23-19(18)26;/h2-5,10-11,23,26H,6-9H2,1H3;1H. The molecule has 0 spiro atoms. The van der Waals surface area contributed by atoms with Gasteiger partial charge in [-0.15, -0.1) is 12.4 Å². The van der Waals surface area contributed by atoms with Crippen molar-refractivity contribution in [1.82, 2.24) is 19.8 Å². The maximum atomic E-state index is 12.8. The first-order valence-electron chi connectivity index (χ1n) is 8.76. The molecular weight excluding hydrogens is 378 g/mol. The van der Waals surface area contributed by atoms with E-state index in [1.807, 2.05) is 11.9 Å². The van der Waals surface area contributed by atoms with Crippen LogP contribution in [0.5, 0.6) is 5.88 Å². The number of fused-ring (bicyclic) bond motifs is 1. The maximum Gasteiger partial charge on any atom is 0.254 e. The van der Waals surface area contributed by atoms with Crippen molar-refractivity contribution in [2.24, 2.45) is 0 Å². The van der Waals surface area contributed by atoms with Gasteiger partial charge in [0, 0.05) is 48.8 Å². The smallest absolute Gasteiger partial charge is 0.254 e. The van der Waals surface area contributed by atoms with Crippen LogP contribution < -0.4 is 0 Å². The Labute approximate surface area is 168 Å². The molecule has 1 fully saturated rings. The average molecular weight is 398 g/mol. The number of carbonyl (C=O) groups is 1. The molecule has 8 heteroatoms. The van der Waals surface area contributed by atoms with E-state index in [9.17, 15) is 9.90 Å². The van der Waals surface area contributed by atoms with Crippen LogP contribution in [-0.2, 0) is 0 Å². The summed E-state index contributed by atoms with van der Waals surface area (Å²) in [5, 5.41) is 20.2. The zero-order valence-corrected chi connectivity index (χ0v) is 16.2. The highest BCUT2D eigenvalue weighted by atomic mass is 35.5. The van der Waals surface area contributed by atoms with Crippen LogP contribution in [0.25, 0.3) is 22.2 Å². The largest absolute Gasteiger partial charge is 0.494 e. The van der Waals surface area contributed by atoms with E-state index in [1.54, 1.807) is 36.5 Å². The van der Waals surface area contributed by atoms with Crippen LogP contribution in [-0.4, -0.2) is 64.0 Å². The summed E-state index contributed by atoms with van der Waals surface area (Å²) in [7, 11) is 2.04. The number of pyridine rings is 1. The molecule has 7 nitrogen and oxygen atoms in total. The number of hydrogen-bond acceptors (Lipinski definition) is 5. The lowest BCUT2D eigenvalue weighted by Crippen LogP contribution is -2.47. The topological polar surface area (TPSA) is 96.2 Å². The van der Waals surface area contributed by atoms with Crippen molar-refractivity contribution >= 4 is 29.2 Å². The third-order valence-electron chi connectivity index (χ3n) is 4.96. The molecule has 4 rings (SSSR count). The Hall–Kier alpha value is -3.08. The van der Waals surface area contributed by atoms with Crippen molar-refractivity contribution in [3.8, 4) is 23.2 Å². The molecule has 0 atom stereocenters. The third kappa shape index (κ3) is 3.52. The lowest BCUT2D eigenvalue weighted by atomic mass is 10.0. The molecule has 3 heterocycles. The fourth-order valence-corrected chi connectivity index (χ4v) is 3.40. The second-order valence-electron chi connectivity index (χ2n) is 6.75. The maximum absolute atomic E-state index is 12.8. The van der Waals surface area contributed by atoms with Gasteiger partial charge in [-0.05, 0) is 37.4 Å². The minimum Gasteiger partial charge on any atom is -0.494 e. The number of rotatable bonds is 2. The number of amides is 1. The van der Waals surface area contributed by atoms with E-state index in [1.165, 1.54) is 0 Å². The number of aromatic hydroxyl groups is 1. The molecule has 3 aromatic rings. The highest BCUT2D eigenvalue weighted by molar-refractivity contribution is 6.01. The van der Waals surface area contributed by atoms with Gasteiger partial charge in [-0.3, -0.25) is 9.78 Å². The Morgan fingerprint density at radius 3 is 2.68 bits per heavy atom. The lowest BCUT2D eigenvalue weighted by Gasteiger charge is -2.32. The first-order valence-corrected chi connectivity index (χ1v) is 8.76. The Bertz CT molecular complexity index is 1060. The molecule has 0 bridgehead atoms. The highest BCUT2D eigenvalue weighted by Gasteiger charge is 2.22. The quantitative estimate of drug-likeness (QED) is 0.692. The molecule has 0 unspecified atom stereocenters. The Morgan fingerprint density at radius 2 is 1.96 bits per heavy atom. The van der Waals surface area contributed by atoms with Gasteiger partial charge in [-0.2, -0.15) is 5.26 Å². The predicted octanol–water partition coefficient (Wildman–Crippen LogP) is 2.62. The Morgan fingerprint density at radius 1 is 1.21 bits per heavy atom. The van der Waals surface area contributed by atoms with E-state index in [-0.39, 0.29) is 24.2 Å². The minimum absolute atomic E-state index is 0. The van der Waals surface area contributed by atoms with Gasteiger partial charge >= 0.3 is 0 Å². The number of hydrogen-bond donors (Lipinski definition) is 2. The number of halogens is 1. The summed E-state index contributed by atoms with van der Waals surface area (Å²) in [6, 6.07) is 10.6. The Kier molecular flexibility index (Phi) is 5.54. The molecule has 1 aliphatic heterocycles. The van der Waals surface area contributed by atoms with Gasteiger partial charge in [0.2, 0.25) is 0 Å². The number of nitrogens with zero attached hydrogens (tertiary/aromatic N) is 4. The van der Waals surface area contributed by atoms with Gasteiger partial charge in [0.1, 0.15) is 0 Å². The zero-order valence-electron chi connectivity index (χ0n) is 15.3. The second-order valence-corrected chi connectivity index (χ2v) is 6.75. The van der Waals surface area contributed by atoms with Gasteiger partial charge in [-0.25, -0.2) is 0 Å². The number of H-pyrrole nitrogens is 1. The minimum atomic E-state index is -0.0382. The fraction of sp³-hybridized carbons (Fsp3) is 0.250. The summed E-state index contributed by atoms with van der Waals surface area (Å²) in [5.74, 6) is -0.0689. The molecule has 0 radical (unpaired) electrons. The van der Waals surface area contributed by atoms with Gasteiger partial charge in [0.05, 0.1) is 22.9 Å². The van der Waals surface area contributed by atoms with E-state index in [2.05, 4.69) is 20.9 Å². The van der Waals surface area contributed by atoms with Crippen molar-refractivity contribution in [2.45, 2.75) is 0 Å². The van der Waals surface area contributed by atoms with Crippen molar-refractivity contribution < 1.29 is 9.90 Å². The van der Waals surface area contributed by atoms with Crippen molar-refractivity contribution in [2.75, 3.05) is 33.2 Å². The van der Waals surface area contributed by atoms with E-state index in [4.69, 9.17) is 5.26 Å². The Balaban J connectivity index is 0.00000225. The molecule has 144 valence electrons. The van der Waals surface area contributed by atoms with Crippen LogP contribution >= 0.6 is 12.4 Å². The van der Waals surface area contributed by atoms with Crippen LogP contribution in [0.2, 0.25) is 0 Å². The van der Waals surface area contributed by atoms with Crippen LogP contribution in [0.15, 0.2) is 36.5 Å². The highest BCUT2D eigenvalue weighted by Crippen LogP contribution is 2.36. The normalized spacial score (nSPS) is 14.5. The number of likely N-dealkylation sites (N-methyl/N-ethyl adjacent to an activating group) is 1. The summed E-state index contributed by atoms with van der Waals surface area (Å²) < 4.78 is 0. The predicted molar refractivity (Wildman–Crippen MR) is 109 cm³/mol. The fourth-order valence-electron chi connectivity index (χ4n) is 3.40. The first-order chi connectivity index (χ1) is 13.1. The SMILES string of the molecule is CN1CCN(C(=O)c2ccnc(-c3c(O)[nH]c4ccc(C#N)cc34)c2)CC1.Cl. The number of nitrogens with one attached hydrogen (secondary N) is 1. The first kappa shape index (κ1) is 19.7. The van der Waals surface area contributed by atoms with Gasteiger partial charge in [0.15, 0.2) is 5.88 Å². The van der Waals surface area contributed by atoms with Gasteiger partial charge < -0.3 is 19.9 Å². The molecule has 0 saturated carbocycles. The van der Waals surface area contributed by atoms with E-state index < -0.39 is 0 Å². The lowest BCUT2D eigenvalue weighted by molar-refractivity contribution is 0.0664. The molecule has 28 heavy (non-hydrogen) atoms. The summed E-state index contributed by atoms with van der Waals surface area (Å²) in [6.45, 7) is 3.08. The van der Waals surface area contributed by atoms with Crippen LogP contribution in [0, 0.1) is 11.3 Å². The summed E-state index contributed by atoms with van der Waals surface area (Å²) >= 11 is 0. The number of benzene rings is 1. The van der Waals surface area contributed by atoms with Crippen LogP contribution in [0.4, 0.5) is 0 Å². The number of aromatic amines is 1. The summed E-state index contributed by atoms with van der Waals surface area (Å²) in [5.41, 5.74) is 2.73. The summed E-state index contributed by atoms with van der Waals surface area (Å²) in [4.78, 5) is 24.1. The van der Waals surface area contributed by atoms with Gasteiger partial charge in [0.25, 0.3) is 5.91 Å². The zero-order chi connectivity index (χ0) is 19.0. The van der Waals surface area contributed by atoms with Crippen molar-refractivity contribution in [3.05, 3.63) is 47.7 Å². The molecule has 1 amide bonds. The van der Waals surface area contributed by atoms with Gasteiger partial charge in [-0.1, -0.05) is 0 Å². The molecule has 2 aromatic heterocycles. The third-order valence-corrected chi connectivity index (χ3v) is 4.96. The molecular formula is C20H20ClN5O2. The number of nitriles is 1. The average Bonchev–Trinajstić information content (AvgIpc) is 3.02. The molecule has 2 N–H and O–H groups in total. The number of piperazine rings is 1.